The average molecular weight is 275 g/mol. The number of hydrogen-bond acceptors (Lipinski definition) is 3. The summed E-state index contributed by atoms with van der Waals surface area (Å²) in [6.45, 7) is 5.14. The molecule has 1 aliphatic heterocycles. The van der Waals surface area contributed by atoms with Crippen LogP contribution in [0.2, 0.25) is 0 Å². The minimum Gasteiger partial charge on any atom is -0.347 e. The van der Waals surface area contributed by atoms with Crippen molar-refractivity contribution in [3.63, 3.8) is 0 Å². The van der Waals surface area contributed by atoms with Gasteiger partial charge >= 0.3 is 0 Å². The molecule has 5 heteroatoms. The smallest absolute Gasteiger partial charge is 0.242 e. The van der Waals surface area contributed by atoms with E-state index in [0.29, 0.717) is 19.5 Å². The van der Waals surface area contributed by atoms with Gasteiger partial charge in [0.1, 0.15) is 0 Å². The van der Waals surface area contributed by atoms with Crippen molar-refractivity contribution in [2.24, 2.45) is 0 Å². The fourth-order valence-electron chi connectivity index (χ4n) is 2.24. The van der Waals surface area contributed by atoms with Gasteiger partial charge in [-0.15, -0.1) is 0 Å². The Morgan fingerprint density at radius 3 is 2.65 bits per heavy atom. The van der Waals surface area contributed by atoms with Crippen molar-refractivity contribution in [2.45, 2.75) is 13.3 Å². The maximum absolute atomic E-state index is 11.9. The molecule has 108 valence electrons. The lowest BCUT2D eigenvalue weighted by Crippen LogP contribution is -2.49. The molecule has 1 fully saturated rings. The summed E-state index contributed by atoms with van der Waals surface area (Å²) in [7, 11) is 0. The van der Waals surface area contributed by atoms with Crippen LogP contribution in [0.4, 0.5) is 0 Å². The Hall–Kier alpha value is -1.88. The van der Waals surface area contributed by atoms with Crippen molar-refractivity contribution in [1.29, 1.82) is 0 Å². The lowest BCUT2D eigenvalue weighted by molar-refractivity contribution is -0.133. The zero-order valence-corrected chi connectivity index (χ0v) is 11.8. The summed E-state index contributed by atoms with van der Waals surface area (Å²) >= 11 is 0. The molecule has 0 bridgehead atoms. The highest BCUT2D eigenvalue weighted by Gasteiger charge is 2.16. The van der Waals surface area contributed by atoms with E-state index >= 15 is 0 Å². The third-order valence-electron chi connectivity index (χ3n) is 3.52. The van der Waals surface area contributed by atoms with E-state index in [2.05, 4.69) is 10.6 Å². The molecule has 2 rings (SSSR count). The third kappa shape index (κ3) is 4.06. The second-order valence-electron chi connectivity index (χ2n) is 5.01. The van der Waals surface area contributed by atoms with Crippen molar-refractivity contribution in [1.82, 2.24) is 15.5 Å². The Labute approximate surface area is 119 Å². The summed E-state index contributed by atoms with van der Waals surface area (Å²) in [5.41, 5.74) is 2.09. The highest BCUT2D eigenvalue weighted by molar-refractivity contribution is 5.85. The fourth-order valence-corrected chi connectivity index (χ4v) is 2.24. The van der Waals surface area contributed by atoms with Crippen molar-refractivity contribution < 1.29 is 9.59 Å². The number of carbonyl (C=O) groups is 2. The van der Waals surface area contributed by atoms with E-state index in [4.69, 9.17) is 0 Å². The highest BCUT2D eigenvalue weighted by Crippen LogP contribution is 2.07. The monoisotopic (exact) mass is 275 g/mol. The molecule has 0 aromatic heterocycles. The van der Waals surface area contributed by atoms with Gasteiger partial charge in [0, 0.05) is 26.2 Å². The molecule has 2 amide bonds. The zero-order chi connectivity index (χ0) is 14.4. The number of rotatable bonds is 4. The lowest BCUT2D eigenvalue weighted by Gasteiger charge is -2.27. The van der Waals surface area contributed by atoms with Gasteiger partial charge in [0.05, 0.1) is 13.0 Å². The Morgan fingerprint density at radius 2 is 1.95 bits per heavy atom. The topological polar surface area (TPSA) is 61.4 Å². The van der Waals surface area contributed by atoms with Gasteiger partial charge in [-0.2, -0.15) is 0 Å². The van der Waals surface area contributed by atoms with Crippen LogP contribution >= 0.6 is 0 Å². The van der Waals surface area contributed by atoms with Crippen LogP contribution in [0.1, 0.15) is 11.1 Å². The minimum absolute atomic E-state index is 0.00960. The second-order valence-corrected chi connectivity index (χ2v) is 5.01. The van der Waals surface area contributed by atoms with Gasteiger partial charge in [-0.3, -0.25) is 9.59 Å². The van der Waals surface area contributed by atoms with Crippen LogP contribution in [0.25, 0.3) is 0 Å². The Kier molecular flexibility index (Phi) is 5.12. The molecule has 0 radical (unpaired) electrons. The summed E-state index contributed by atoms with van der Waals surface area (Å²) in [5, 5.41) is 5.90. The van der Waals surface area contributed by atoms with E-state index in [1.54, 1.807) is 4.90 Å². The van der Waals surface area contributed by atoms with Gasteiger partial charge in [-0.1, -0.05) is 24.3 Å². The molecule has 1 aromatic rings. The predicted octanol–water partition coefficient (Wildman–Crippen LogP) is 0.0855. The Bertz CT molecular complexity index is 482. The molecule has 1 heterocycles. The first kappa shape index (κ1) is 14.5. The first-order valence-corrected chi connectivity index (χ1v) is 6.96. The van der Waals surface area contributed by atoms with Crippen LogP contribution < -0.4 is 10.6 Å². The number of amides is 2. The first-order chi connectivity index (χ1) is 9.66. The summed E-state index contributed by atoms with van der Waals surface area (Å²) < 4.78 is 0. The van der Waals surface area contributed by atoms with E-state index in [1.807, 2.05) is 31.2 Å². The molecule has 20 heavy (non-hydrogen) atoms. The van der Waals surface area contributed by atoms with E-state index in [1.165, 1.54) is 0 Å². The maximum atomic E-state index is 11.9. The molecule has 0 unspecified atom stereocenters. The van der Waals surface area contributed by atoms with Crippen LogP contribution in [-0.2, 0) is 16.0 Å². The van der Waals surface area contributed by atoms with Gasteiger partial charge in [-0.05, 0) is 18.1 Å². The molecule has 1 aromatic carbocycles. The summed E-state index contributed by atoms with van der Waals surface area (Å²) in [5.74, 6) is -0.118. The Morgan fingerprint density at radius 1 is 1.25 bits per heavy atom. The van der Waals surface area contributed by atoms with Crippen LogP contribution in [0.5, 0.6) is 0 Å². The third-order valence-corrected chi connectivity index (χ3v) is 3.52. The van der Waals surface area contributed by atoms with E-state index in [0.717, 1.165) is 24.2 Å². The number of benzene rings is 1. The van der Waals surface area contributed by atoms with Gasteiger partial charge in [0.25, 0.3) is 0 Å². The molecular weight excluding hydrogens is 254 g/mol. The van der Waals surface area contributed by atoms with Gasteiger partial charge in [-0.25, -0.2) is 0 Å². The summed E-state index contributed by atoms with van der Waals surface area (Å²) in [4.78, 5) is 25.5. The fraction of sp³-hybridized carbons (Fsp3) is 0.467. The number of nitrogens with zero attached hydrogens (tertiary/aromatic N) is 1. The van der Waals surface area contributed by atoms with Crippen LogP contribution in [0, 0.1) is 6.92 Å². The number of carbonyl (C=O) groups excluding carboxylic acids is 2. The minimum atomic E-state index is -0.109. The van der Waals surface area contributed by atoms with Gasteiger partial charge in [0.2, 0.25) is 11.8 Å². The molecule has 0 atom stereocenters. The number of piperazine rings is 1. The molecule has 5 nitrogen and oxygen atoms in total. The van der Waals surface area contributed by atoms with Crippen molar-refractivity contribution >= 4 is 11.8 Å². The molecule has 0 aliphatic carbocycles. The number of aryl methyl sites for hydroxylation is 1. The molecular formula is C15H21N3O2. The van der Waals surface area contributed by atoms with Crippen molar-refractivity contribution in [3.8, 4) is 0 Å². The van der Waals surface area contributed by atoms with Crippen LogP contribution in [0.15, 0.2) is 24.3 Å². The van der Waals surface area contributed by atoms with E-state index < -0.39 is 0 Å². The zero-order valence-electron chi connectivity index (χ0n) is 11.8. The average Bonchev–Trinajstić information content (AvgIpc) is 2.48. The Balaban J connectivity index is 1.77. The van der Waals surface area contributed by atoms with Crippen LogP contribution in [-0.4, -0.2) is 49.4 Å². The number of nitrogens with one attached hydrogen (secondary N) is 2. The van der Waals surface area contributed by atoms with Crippen molar-refractivity contribution in [3.05, 3.63) is 35.4 Å². The highest BCUT2D eigenvalue weighted by atomic mass is 16.2. The number of hydrogen-bond donors (Lipinski definition) is 2. The van der Waals surface area contributed by atoms with E-state index in [9.17, 15) is 9.59 Å². The molecule has 2 N–H and O–H groups in total. The van der Waals surface area contributed by atoms with Crippen LogP contribution in [0.3, 0.4) is 0 Å². The van der Waals surface area contributed by atoms with Gasteiger partial charge < -0.3 is 15.5 Å². The quantitative estimate of drug-likeness (QED) is 0.818. The lowest BCUT2D eigenvalue weighted by atomic mass is 10.1. The maximum Gasteiger partial charge on any atom is 0.242 e. The second kappa shape index (κ2) is 7.05. The summed E-state index contributed by atoms with van der Waals surface area (Å²) in [6, 6.07) is 7.79. The molecule has 1 aliphatic rings. The molecule has 0 saturated carbocycles. The molecule has 0 spiro atoms. The summed E-state index contributed by atoms with van der Waals surface area (Å²) in [6.07, 6.45) is 0.321. The molecule has 1 saturated heterocycles. The SMILES string of the molecule is Cc1ccccc1CC(=O)NCC(=O)N1CCNCC1. The normalized spacial score (nSPS) is 14.9. The van der Waals surface area contributed by atoms with Gasteiger partial charge in [0.15, 0.2) is 0 Å². The largest absolute Gasteiger partial charge is 0.347 e. The first-order valence-electron chi connectivity index (χ1n) is 6.96. The predicted molar refractivity (Wildman–Crippen MR) is 77.3 cm³/mol. The van der Waals surface area contributed by atoms with Crippen molar-refractivity contribution in [2.75, 3.05) is 32.7 Å². The standard InChI is InChI=1S/C15H21N3O2/c1-12-4-2-3-5-13(12)10-14(19)17-11-15(20)18-8-6-16-7-9-18/h2-5,16H,6-11H2,1H3,(H,17,19). The van der Waals surface area contributed by atoms with E-state index in [-0.39, 0.29) is 18.4 Å².